The van der Waals surface area contributed by atoms with Gasteiger partial charge in [-0.1, -0.05) is 6.07 Å². The number of thiophene rings is 1. The zero-order chi connectivity index (χ0) is 17.4. The molecule has 25 heavy (non-hydrogen) atoms. The maximum absolute atomic E-state index is 12.1. The minimum absolute atomic E-state index is 0.00697. The van der Waals surface area contributed by atoms with Gasteiger partial charge in [0.2, 0.25) is 16.8 Å². The molecule has 0 saturated carbocycles. The van der Waals surface area contributed by atoms with E-state index < -0.39 is 22.2 Å². The van der Waals surface area contributed by atoms with E-state index >= 15 is 0 Å². The van der Waals surface area contributed by atoms with E-state index in [2.05, 4.69) is 4.72 Å². The lowest BCUT2D eigenvalue weighted by molar-refractivity contribution is 0.143. The molecular weight excluding hydrogens is 368 g/mol. The molecule has 0 aliphatic carbocycles. The minimum Gasteiger partial charge on any atom is -0.454 e. The summed E-state index contributed by atoms with van der Waals surface area (Å²) in [5.74, 6) is 1.18. The van der Waals surface area contributed by atoms with Gasteiger partial charge in [-0.25, -0.2) is 17.9 Å². The third kappa shape index (κ3) is 3.15. The Balaban J connectivity index is 1.42. The lowest BCUT2D eigenvalue weighted by Crippen LogP contribution is -2.34. The SMILES string of the molecule is O=C1O[C@@H](CNS(=O)(=O)c2cccs2)CN1c1ccc2c(c1)OCO2. The van der Waals surface area contributed by atoms with Gasteiger partial charge < -0.3 is 14.2 Å². The van der Waals surface area contributed by atoms with Crippen molar-refractivity contribution in [3.8, 4) is 11.5 Å². The van der Waals surface area contributed by atoms with Crippen LogP contribution in [0.15, 0.2) is 39.9 Å². The van der Waals surface area contributed by atoms with Crippen molar-refractivity contribution in [2.45, 2.75) is 10.3 Å². The normalized spacial score (nSPS) is 19.3. The molecule has 2 aliphatic rings. The number of anilines is 1. The summed E-state index contributed by atoms with van der Waals surface area (Å²) in [4.78, 5) is 13.5. The Hall–Kier alpha value is -2.30. The number of hydrogen-bond acceptors (Lipinski definition) is 7. The fraction of sp³-hybridized carbons (Fsp3) is 0.267. The topological polar surface area (TPSA) is 94.2 Å². The summed E-state index contributed by atoms with van der Waals surface area (Å²) in [5, 5.41) is 1.69. The van der Waals surface area contributed by atoms with Gasteiger partial charge in [-0.3, -0.25) is 4.90 Å². The molecule has 132 valence electrons. The Labute approximate surface area is 148 Å². The smallest absolute Gasteiger partial charge is 0.414 e. The molecule has 0 radical (unpaired) electrons. The van der Waals surface area contributed by atoms with E-state index in [-0.39, 0.29) is 24.1 Å². The molecule has 1 atom stereocenters. The van der Waals surface area contributed by atoms with Crippen LogP contribution in [0.4, 0.5) is 10.5 Å². The summed E-state index contributed by atoms with van der Waals surface area (Å²) in [6.45, 7) is 0.398. The highest BCUT2D eigenvalue weighted by atomic mass is 32.2. The number of carbonyl (C=O) groups is 1. The molecule has 3 heterocycles. The van der Waals surface area contributed by atoms with Crippen LogP contribution < -0.4 is 19.1 Å². The quantitative estimate of drug-likeness (QED) is 0.847. The number of sulfonamides is 1. The summed E-state index contributed by atoms with van der Waals surface area (Å²) in [6.07, 6.45) is -1.10. The van der Waals surface area contributed by atoms with Crippen molar-refractivity contribution in [3.05, 3.63) is 35.7 Å². The number of amides is 1. The highest BCUT2D eigenvalue weighted by Crippen LogP contribution is 2.36. The third-order valence-corrected chi connectivity index (χ3v) is 6.62. The van der Waals surface area contributed by atoms with Crippen LogP contribution in [0.2, 0.25) is 0 Å². The van der Waals surface area contributed by atoms with Gasteiger partial charge in [0.05, 0.1) is 12.2 Å². The summed E-state index contributed by atoms with van der Waals surface area (Å²) < 4.78 is 42.7. The Morgan fingerprint density at radius 2 is 2.08 bits per heavy atom. The Morgan fingerprint density at radius 3 is 2.88 bits per heavy atom. The van der Waals surface area contributed by atoms with Crippen molar-refractivity contribution >= 4 is 33.1 Å². The lowest BCUT2D eigenvalue weighted by atomic mass is 10.2. The monoisotopic (exact) mass is 382 g/mol. The number of carbonyl (C=O) groups excluding carboxylic acids is 1. The number of rotatable bonds is 5. The summed E-state index contributed by atoms with van der Waals surface area (Å²) in [7, 11) is -3.59. The van der Waals surface area contributed by atoms with Gasteiger partial charge in [-0.2, -0.15) is 0 Å². The van der Waals surface area contributed by atoms with Gasteiger partial charge in [0.25, 0.3) is 0 Å². The van der Waals surface area contributed by atoms with E-state index in [0.717, 1.165) is 11.3 Å². The molecule has 4 rings (SSSR count). The number of hydrogen-bond donors (Lipinski definition) is 1. The van der Waals surface area contributed by atoms with Gasteiger partial charge in [0.1, 0.15) is 10.3 Å². The van der Waals surface area contributed by atoms with Crippen molar-refractivity contribution in [1.29, 1.82) is 0 Å². The summed E-state index contributed by atoms with van der Waals surface area (Å²) in [6, 6.07) is 8.33. The molecule has 2 aliphatic heterocycles. The zero-order valence-corrected chi connectivity index (χ0v) is 14.5. The van der Waals surface area contributed by atoms with Gasteiger partial charge in [0.15, 0.2) is 11.5 Å². The van der Waals surface area contributed by atoms with Crippen LogP contribution in [0.1, 0.15) is 0 Å². The van der Waals surface area contributed by atoms with E-state index in [1.54, 1.807) is 29.6 Å². The number of ether oxygens (including phenoxy) is 3. The van der Waals surface area contributed by atoms with E-state index in [0.29, 0.717) is 17.2 Å². The van der Waals surface area contributed by atoms with Crippen LogP contribution in [0.25, 0.3) is 0 Å². The molecule has 0 bridgehead atoms. The maximum atomic E-state index is 12.1. The predicted molar refractivity (Wildman–Crippen MR) is 89.7 cm³/mol. The summed E-state index contributed by atoms with van der Waals surface area (Å²) in [5.41, 5.74) is 0.609. The molecule has 1 fully saturated rings. The molecule has 1 saturated heterocycles. The van der Waals surface area contributed by atoms with E-state index in [1.165, 1.54) is 11.0 Å². The van der Waals surface area contributed by atoms with Crippen molar-refractivity contribution < 1.29 is 27.4 Å². The van der Waals surface area contributed by atoms with Crippen molar-refractivity contribution in [1.82, 2.24) is 4.72 Å². The molecule has 8 nitrogen and oxygen atoms in total. The molecule has 1 aromatic heterocycles. The minimum atomic E-state index is -3.59. The third-order valence-electron chi connectivity index (χ3n) is 3.80. The molecule has 1 amide bonds. The van der Waals surface area contributed by atoms with Crippen LogP contribution in [-0.4, -0.2) is 40.5 Å². The average molecular weight is 382 g/mol. The Morgan fingerprint density at radius 1 is 1.24 bits per heavy atom. The van der Waals surface area contributed by atoms with Crippen molar-refractivity contribution in [2.24, 2.45) is 0 Å². The largest absolute Gasteiger partial charge is 0.454 e. The van der Waals surface area contributed by atoms with Gasteiger partial charge in [0, 0.05) is 12.6 Å². The Bertz CT molecular complexity index is 897. The standard InChI is InChI=1S/C15H14N2O6S2/c18-15-17(10-3-4-12-13(6-10)22-9-21-12)8-11(23-15)7-16-25(19,20)14-2-1-5-24-14/h1-6,11,16H,7-9H2/t11-/m0/s1. The predicted octanol–water partition coefficient (Wildman–Crippen LogP) is 1.78. The fourth-order valence-corrected chi connectivity index (χ4v) is 4.69. The first-order chi connectivity index (χ1) is 12.0. The van der Waals surface area contributed by atoms with Crippen LogP contribution in [0.5, 0.6) is 11.5 Å². The fourth-order valence-electron chi connectivity index (χ4n) is 2.58. The molecule has 0 unspecified atom stereocenters. The molecule has 2 aromatic rings. The molecule has 0 spiro atoms. The second-order valence-corrected chi connectivity index (χ2v) is 8.38. The van der Waals surface area contributed by atoms with Crippen molar-refractivity contribution in [2.75, 3.05) is 24.8 Å². The molecule has 1 aromatic carbocycles. The number of nitrogens with zero attached hydrogens (tertiary/aromatic N) is 1. The first-order valence-corrected chi connectivity index (χ1v) is 9.80. The number of cyclic esters (lactones) is 1. The number of nitrogens with one attached hydrogen (secondary N) is 1. The van der Waals surface area contributed by atoms with E-state index in [1.807, 2.05) is 0 Å². The summed E-state index contributed by atoms with van der Waals surface area (Å²) >= 11 is 1.13. The van der Waals surface area contributed by atoms with E-state index in [4.69, 9.17) is 14.2 Å². The number of fused-ring (bicyclic) bond motifs is 1. The van der Waals surface area contributed by atoms with Crippen LogP contribution in [-0.2, 0) is 14.8 Å². The Kier molecular flexibility index (Phi) is 4.02. The molecular formula is C15H14N2O6S2. The average Bonchev–Trinajstić information content (AvgIpc) is 3.33. The van der Waals surface area contributed by atoms with Gasteiger partial charge in [-0.05, 0) is 23.6 Å². The molecule has 10 heteroatoms. The van der Waals surface area contributed by atoms with Crippen LogP contribution in [0, 0.1) is 0 Å². The van der Waals surface area contributed by atoms with Crippen LogP contribution >= 0.6 is 11.3 Å². The van der Waals surface area contributed by atoms with Crippen LogP contribution in [0.3, 0.4) is 0 Å². The van der Waals surface area contributed by atoms with Gasteiger partial charge >= 0.3 is 6.09 Å². The highest BCUT2D eigenvalue weighted by Gasteiger charge is 2.34. The first-order valence-electron chi connectivity index (χ1n) is 7.44. The maximum Gasteiger partial charge on any atom is 0.414 e. The first kappa shape index (κ1) is 16.2. The van der Waals surface area contributed by atoms with Gasteiger partial charge in [-0.15, -0.1) is 11.3 Å². The van der Waals surface area contributed by atoms with E-state index in [9.17, 15) is 13.2 Å². The second kappa shape index (κ2) is 6.21. The second-order valence-electron chi connectivity index (χ2n) is 5.44. The molecule has 1 N–H and O–H groups in total. The lowest BCUT2D eigenvalue weighted by Gasteiger charge is -2.13. The number of benzene rings is 1. The highest BCUT2D eigenvalue weighted by molar-refractivity contribution is 7.91. The van der Waals surface area contributed by atoms with Crippen molar-refractivity contribution in [3.63, 3.8) is 0 Å². The zero-order valence-electron chi connectivity index (χ0n) is 12.9.